The Bertz CT molecular complexity index is 483. The number of pyridine rings is 1. The molecule has 0 amide bonds. The number of hydrogen-bond acceptors (Lipinski definition) is 0. The van der Waals surface area contributed by atoms with Crippen LogP contribution in [0.1, 0.15) is 32.8 Å². The van der Waals surface area contributed by atoms with Crippen molar-refractivity contribution in [3.8, 4) is 0 Å². The molecule has 0 aromatic carbocycles. The Morgan fingerprint density at radius 2 is 2.05 bits per heavy atom. The van der Waals surface area contributed by atoms with Crippen molar-refractivity contribution in [3.05, 3.63) is 66.7 Å². The first kappa shape index (κ1) is 15.2. The Morgan fingerprint density at radius 3 is 2.58 bits per heavy atom. The lowest BCUT2D eigenvalue weighted by Gasteiger charge is -2.03. The average molecular weight is 254 g/mol. The monoisotopic (exact) mass is 254 g/mol. The van der Waals surface area contributed by atoms with Crippen LogP contribution in [-0.2, 0) is 6.54 Å². The molecule has 0 radical (unpaired) electrons. The van der Waals surface area contributed by atoms with Gasteiger partial charge in [-0.05, 0) is 36.1 Å². The maximum atomic E-state index is 3.59. The summed E-state index contributed by atoms with van der Waals surface area (Å²) in [6.07, 6.45) is 13.5. The molecule has 0 atom stereocenters. The van der Waals surface area contributed by atoms with Crippen LogP contribution >= 0.6 is 0 Å². The predicted molar refractivity (Wildman–Crippen MR) is 82.6 cm³/mol. The number of rotatable bonds is 6. The molecule has 1 nitrogen and oxygen atoms in total. The molecule has 1 rings (SSSR count). The van der Waals surface area contributed by atoms with Gasteiger partial charge in [0.15, 0.2) is 12.4 Å². The Balaban J connectivity index is 2.86. The van der Waals surface area contributed by atoms with Crippen molar-refractivity contribution >= 4 is 5.57 Å². The number of aryl methyl sites for hydroxylation is 1. The van der Waals surface area contributed by atoms with Crippen molar-refractivity contribution in [2.75, 3.05) is 0 Å². The Kier molecular flexibility index (Phi) is 6.63. The van der Waals surface area contributed by atoms with Gasteiger partial charge in [-0.3, -0.25) is 0 Å². The number of aromatic nitrogens is 1. The molecule has 0 aliphatic heterocycles. The van der Waals surface area contributed by atoms with E-state index in [-0.39, 0.29) is 0 Å². The van der Waals surface area contributed by atoms with E-state index in [0.717, 1.165) is 12.5 Å². The van der Waals surface area contributed by atoms with E-state index in [2.05, 4.69) is 61.3 Å². The van der Waals surface area contributed by atoms with Crippen molar-refractivity contribution < 1.29 is 4.57 Å². The predicted octanol–water partition coefficient (Wildman–Crippen LogP) is 4.32. The second-order valence-electron chi connectivity index (χ2n) is 5.00. The van der Waals surface area contributed by atoms with Gasteiger partial charge < -0.3 is 0 Å². The summed E-state index contributed by atoms with van der Waals surface area (Å²) in [5.41, 5.74) is 5.17. The van der Waals surface area contributed by atoms with Gasteiger partial charge in [-0.2, -0.15) is 0 Å². The topological polar surface area (TPSA) is 3.88 Å². The van der Waals surface area contributed by atoms with Gasteiger partial charge in [0, 0.05) is 18.6 Å². The van der Waals surface area contributed by atoms with Crippen LogP contribution in [0.3, 0.4) is 0 Å². The average Bonchev–Trinajstić information content (AvgIpc) is 2.42. The number of nitrogens with zero attached hydrogens (tertiary/aromatic N) is 1. The third-order valence-electron chi connectivity index (χ3n) is 2.92. The fraction of sp³-hybridized carbons (Fsp3) is 0.333. The molecule has 100 valence electrons. The zero-order valence-electron chi connectivity index (χ0n) is 12.3. The smallest absolute Gasteiger partial charge is 0.169 e. The van der Waals surface area contributed by atoms with Crippen LogP contribution in [-0.4, -0.2) is 0 Å². The minimum absolute atomic E-state index is 0.739. The SMILES string of the molecule is C=C=C/C=C(\C=C/C)c1cc[n+](CCC(C)C)cc1. The van der Waals surface area contributed by atoms with Crippen molar-refractivity contribution in [1.29, 1.82) is 0 Å². The van der Waals surface area contributed by atoms with E-state index in [0.29, 0.717) is 0 Å². The molecule has 0 bridgehead atoms. The number of allylic oxidation sites excluding steroid dienone is 5. The second kappa shape index (κ2) is 8.29. The summed E-state index contributed by atoms with van der Waals surface area (Å²) >= 11 is 0. The lowest BCUT2D eigenvalue weighted by Crippen LogP contribution is -2.33. The van der Waals surface area contributed by atoms with E-state index < -0.39 is 0 Å². The zero-order chi connectivity index (χ0) is 14.1. The fourth-order valence-electron chi connectivity index (χ4n) is 1.78. The van der Waals surface area contributed by atoms with Crippen LogP contribution in [0.15, 0.2) is 61.1 Å². The van der Waals surface area contributed by atoms with E-state index in [4.69, 9.17) is 0 Å². The highest BCUT2D eigenvalue weighted by atomic mass is 14.9. The van der Waals surface area contributed by atoms with Crippen LogP contribution in [0.2, 0.25) is 0 Å². The Labute approximate surface area is 117 Å². The molecule has 1 aromatic rings. The molecule has 0 spiro atoms. The highest BCUT2D eigenvalue weighted by Gasteiger charge is 2.04. The van der Waals surface area contributed by atoms with Gasteiger partial charge in [0.2, 0.25) is 0 Å². The summed E-state index contributed by atoms with van der Waals surface area (Å²) in [4.78, 5) is 0. The molecule has 0 aliphatic carbocycles. The molecule has 0 saturated heterocycles. The minimum Gasteiger partial charge on any atom is -0.205 e. The maximum absolute atomic E-state index is 3.59. The largest absolute Gasteiger partial charge is 0.205 e. The highest BCUT2D eigenvalue weighted by Crippen LogP contribution is 2.14. The summed E-state index contributed by atoms with van der Waals surface area (Å²) in [6, 6.07) is 4.31. The van der Waals surface area contributed by atoms with E-state index in [1.807, 2.05) is 25.2 Å². The van der Waals surface area contributed by atoms with Crippen molar-refractivity contribution in [2.24, 2.45) is 5.92 Å². The van der Waals surface area contributed by atoms with Crippen molar-refractivity contribution in [3.63, 3.8) is 0 Å². The molecule has 0 saturated carbocycles. The van der Waals surface area contributed by atoms with Crippen LogP contribution in [0.5, 0.6) is 0 Å². The normalized spacial score (nSPS) is 11.9. The van der Waals surface area contributed by atoms with Gasteiger partial charge in [0.25, 0.3) is 0 Å². The quantitative estimate of drug-likeness (QED) is 0.404. The van der Waals surface area contributed by atoms with Crippen LogP contribution in [0.4, 0.5) is 0 Å². The van der Waals surface area contributed by atoms with Crippen molar-refractivity contribution in [2.45, 2.75) is 33.7 Å². The maximum Gasteiger partial charge on any atom is 0.169 e. The van der Waals surface area contributed by atoms with E-state index in [1.54, 1.807) is 0 Å². The first-order valence-electron chi connectivity index (χ1n) is 6.85. The fourth-order valence-corrected chi connectivity index (χ4v) is 1.78. The summed E-state index contributed by atoms with van der Waals surface area (Å²) in [5.74, 6) is 0.739. The minimum atomic E-state index is 0.739. The molecular weight excluding hydrogens is 230 g/mol. The number of hydrogen-bond donors (Lipinski definition) is 0. The molecule has 0 aliphatic rings. The molecular formula is C18H24N+. The molecule has 1 aromatic heterocycles. The first-order chi connectivity index (χ1) is 9.17. The third kappa shape index (κ3) is 5.54. The molecule has 0 N–H and O–H groups in total. The lowest BCUT2D eigenvalue weighted by molar-refractivity contribution is -0.698. The molecule has 19 heavy (non-hydrogen) atoms. The standard InChI is InChI=1S/C18H24N/c1-5-7-9-17(8-6-2)18-11-14-19(15-12-18)13-10-16(3)4/h6-9,11-12,14-16H,1,10,13H2,2-4H3/q+1/b8-6-,17-9+. The second-order valence-corrected chi connectivity index (χ2v) is 5.00. The van der Waals surface area contributed by atoms with E-state index in [1.165, 1.54) is 17.6 Å². The van der Waals surface area contributed by atoms with Crippen molar-refractivity contribution in [1.82, 2.24) is 0 Å². The van der Waals surface area contributed by atoms with Gasteiger partial charge in [-0.15, -0.1) is 5.73 Å². The van der Waals surface area contributed by atoms with Gasteiger partial charge >= 0.3 is 0 Å². The summed E-state index contributed by atoms with van der Waals surface area (Å²) in [7, 11) is 0. The Hall–Kier alpha value is -1.85. The summed E-state index contributed by atoms with van der Waals surface area (Å²) in [5, 5.41) is 0. The van der Waals surface area contributed by atoms with E-state index >= 15 is 0 Å². The van der Waals surface area contributed by atoms with E-state index in [9.17, 15) is 0 Å². The highest BCUT2D eigenvalue weighted by molar-refractivity contribution is 5.74. The van der Waals surface area contributed by atoms with Crippen LogP contribution < -0.4 is 4.57 Å². The lowest BCUT2D eigenvalue weighted by atomic mass is 10.1. The van der Waals surface area contributed by atoms with Gasteiger partial charge in [-0.1, -0.05) is 32.6 Å². The summed E-state index contributed by atoms with van der Waals surface area (Å²) < 4.78 is 2.24. The van der Waals surface area contributed by atoms with Crippen LogP contribution in [0, 0.1) is 5.92 Å². The van der Waals surface area contributed by atoms with Crippen LogP contribution in [0.25, 0.3) is 5.57 Å². The zero-order valence-corrected chi connectivity index (χ0v) is 12.3. The first-order valence-corrected chi connectivity index (χ1v) is 6.85. The Morgan fingerprint density at radius 1 is 1.37 bits per heavy atom. The molecule has 0 unspecified atom stereocenters. The van der Waals surface area contributed by atoms with Gasteiger partial charge in [-0.25, -0.2) is 4.57 Å². The third-order valence-corrected chi connectivity index (χ3v) is 2.92. The molecule has 1 heteroatoms. The van der Waals surface area contributed by atoms with Gasteiger partial charge in [0.1, 0.15) is 6.54 Å². The molecule has 1 heterocycles. The van der Waals surface area contributed by atoms with Gasteiger partial charge in [0.05, 0.1) is 0 Å². The summed E-state index contributed by atoms with van der Waals surface area (Å²) in [6.45, 7) is 11.2. The molecule has 0 fully saturated rings.